The van der Waals surface area contributed by atoms with E-state index in [2.05, 4.69) is 10.1 Å². The highest BCUT2D eigenvalue weighted by Crippen LogP contribution is 2.29. The van der Waals surface area contributed by atoms with Crippen LogP contribution in [0.5, 0.6) is 5.88 Å². The number of carbonyl (C=O) groups excluding carboxylic acids is 2. The molecule has 1 aromatic carbocycles. The molecule has 1 N–H and O–H groups in total. The molecule has 6 nitrogen and oxygen atoms in total. The third kappa shape index (κ3) is 3.09. The lowest BCUT2D eigenvalue weighted by molar-refractivity contribution is -0.132. The van der Waals surface area contributed by atoms with Crippen LogP contribution in [0, 0.1) is 6.92 Å². The molecule has 2 heterocycles. The van der Waals surface area contributed by atoms with Gasteiger partial charge in [0.2, 0.25) is 11.7 Å². The van der Waals surface area contributed by atoms with Crippen molar-refractivity contribution in [2.75, 3.05) is 0 Å². The molecule has 0 fully saturated rings. The summed E-state index contributed by atoms with van der Waals surface area (Å²) in [6, 6.07) is 8.46. The number of ketones is 1. The summed E-state index contributed by atoms with van der Waals surface area (Å²) in [5.74, 6) is -0.176. The number of rotatable bonds is 4. The molecule has 0 unspecified atom stereocenters. The second kappa shape index (κ2) is 6.33. The third-order valence-electron chi connectivity index (χ3n) is 3.36. The molecule has 0 amide bonds. The molecule has 3 aromatic rings. The average Bonchev–Trinajstić information content (AvgIpc) is 3.13. The molecule has 0 radical (unpaired) electrons. The lowest BCUT2D eigenvalue weighted by Crippen LogP contribution is -2.03. The molecule has 0 aliphatic carbocycles. The van der Waals surface area contributed by atoms with Gasteiger partial charge < -0.3 is 14.2 Å². The summed E-state index contributed by atoms with van der Waals surface area (Å²) in [6.45, 7) is 2.94. The summed E-state index contributed by atoms with van der Waals surface area (Å²) in [6.07, 6.45) is 1.47. The largest absolute Gasteiger partial charge is 0.410 e. The van der Waals surface area contributed by atoms with Crippen molar-refractivity contribution in [2.45, 2.75) is 13.8 Å². The molecule has 0 aliphatic heterocycles. The van der Waals surface area contributed by atoms with Crippen LogP contribution in [0.15, 0.2) is 41.1 Å². The molecule has 2 aromatic heterocycles. The second-order valence-corrected chi connectivity index (χ2v) is 5.58. The minimum absolute atomic E-state index is 0.198. The quantitative estimate of drug-likeness (QED) is 0.575. The van der Waals surface area contributed by atoms with Gasteiger partial charge in [-0.3, -0.25) is 9.59 Å². The molecule has 0 atom stereocenters. The van der Waals surface area contributed by atoms with Crippen molar-refractivity contribution >= 4 is 23.4 Å². The number of H-pyrrole nitrogens is 1. The minimum Gasteiger partial charge on any atom is -0.410 e. The first-order valence-corrected chi connectivity index (χ1v) is 7.47. The first-order chi connectivity index (χ1) is 11.5. The lowest BCUT2D eigenvalue weighted by Gasteiger charge is -2.01. The van der Waals surface area contributed by atoms with Gasteiger partial charge in [-0.25, -0.2) is 0 Å². The number of halogens is 1. The Balaban J connectivity index is 2.00. The predicted molar refractivity (Wildman–Crippen MR) is 87.2 cm³/mol. The standard InChI is InChI=1S/C17H13ClN2O4/c1-9-15(16(20-24-9)11-4-3-5-13(18)6-11)17(22)12-7-14(19-8-12)23-10(2)21/h3-8,19H,1-2H3. The van der Waals surface area contributed by atoms with Crippen molar-refractivity contribution in [2.24, 2.45) is 0 Å². The van der Waals surface area contributed by atoms with Gasteiger partial charge in [-0.15, -0.1) is 0 Å². The average molecular weight is 345 g/mol. The molecule has 24 heavy (non-hydrogen) atoms. The molecule has 3 rings (SSSR count). The molecule has 122 valence electrons. The van der Waals surface area contributed by atoms with Gasteiger partial charge in [0.1, 0.15) is 11.5 Å². The number of aryl methyl sites for hydroxylation is 1. The van der Waals surface area contributed by atoms with E-state index in [0.717, 1.165) is 0 Å². The summed E-state index contributed by atoms with van der Waals surface area (Å²) in [4.78, 5) is 26.5. The van der Waals surface area contributed by atoms with Gasteiger partial charge in [0.05, 0.1) is 5.56 Å². The summed E-state index contributed by atoms with van der Waals surface area (Å²) in [5.41, 5.74) is 1.76. The van der Waals surface area contributed by atoms with Crippen molar-refractivity contribution in [3.05, 3.63) is 58.4 Å². The maximum Gasteiger partial charge on any atom is 0.309 e. The molecular formula is C17H13ClN2O4. The Morgan fingerprint density at radius 1 is 1.29 bits per heavy atom. The van der Waals surface area contributed by atoms with Crippen LogP contribution in [0.4, 0.5) is 0 Å². The summed E-state index contributed by atoms with van der Waals surface area (Å²) in [7, 11) is 0. The van der Waals surface area contributed by atoms with E-state index in [9.17, 15) is 9.59 Å². The SMILES string of the molecule is CC(=O)Oc1cc(C(=O)c2c(-c3cccc(Cl)c3)noc2C)c[nH]1. The van der Waals surface area contributed by atoms with Gasteiger partial charge in [0, 0.05) is 35.3 Å². The molecule has 0 saturated carbocycles. The molecule has 0 saturated heterocycles. The fourth-order valence-electron chi connectivity index (χ4n) is 2.34. The Hall–Kier alpha value is -2.86. The minimum atomic E-state index is -0.475. The smallest absolute Gasteiger partial charge is 0.309 e. The Kier molecular flexibility index (Phi) is 4.22. The molecule has 0 aliphatic rings. The predicted octanol–water partition coefficient (Wildman–Crippen LogP) is 3.79. The number of nitrogens with zero attached hydrogens (tertiary/aromatic N) is 1. The Bertz CT molecular complexity index is 926. The summed E-state index contributed by atoms with van der Waals surface area (Å²) >= 11 is 6.01. The van der Waals surface area contributed by atoms with Crippen LogP contribution in [-0.2, 0) is 4.79 Å². The van der Waals surface area contributed by atoms with Gasteiger partial charge in [0.25, 0.3) is 0 Å². The van der Waals surface area contributed by atoms with Crippen LogP contribution in [0.1, 0.15) is 28.6 Å². The number of hydrogen-bond acceptors (Lipinski definition) is 5. The van der Waals surface area contributed by atoms with E-state index in [1.54, 1.807) is 31.2 Å². The van der Waals surface area contributed by atoms with Crippen LogP contribution < -0.4 is 4.74 Å². The maximum absolute atomic E-state index is 12.8. The van der Waals surface area contributed by atoms with Gasteiger partial charge in [-0.2, -0.15) is 0 Å². The zero-order chi connectivity index (χ0) is 17.3. The van der Waals surface area contributed by atoms with Gasteiger partial charge in [0.15, 0.2) is 0 Å². The van der Waals surface area contributed by atoms with Crippen LogP contribution in [0.3, 0.4) is 0 Å². The van der Waals surface area contributed by atoms with Crippen molar-refractivity contribution in [1.29, 1.82) is 0 Å². The van der Waals surface area contributed by atoms with Crippen LogP contribution >= 0.6 is 11.6 Å². The highest BCUT2D eigenvalue weighted by atomic mass is 35.5. The Labute approximate surface area is 142 Å². The van der Waals surface area contributed by atoms with E-state index < -0.39 is 5.97 Å². The lowest BCUT2D eigenvalue weighted by atomic mass is 10.00. The van der Waals surface area contributed by atoms with Gasteiger partial charge >= 0.3 is 5.97 Å². The summed E-state index contributed by atoms with van der Waals surface area (Å²) in [5, 5.41) is 4.51. The Morgan fingerprint density at radius 3 is 2.79 bits per heavy atom. The highest BCUT2D eigenvalue weighted by molar-refractivity contribution is 6.30. The van der Waals surface area contributed by atoms with Crippen molar-refractivity contribution in [1.82, 2.24) is 10.1 Å². The molecule has 7 heteroatoms. The van der Waals surface area contributed by atoms with Gasteiger partial charge in [-0.1, -0.05) is 28.9 Å². The number of ether oxygens (including phenoxy) is 1. The van der Waals surface area contributed by atoms with Crippen LogP contribution in [0.25, 0.3) is 11.3 Å². The van der Waals surface area contributed by atoms with Crippen molar-refractivity contribution < 1.29 is 18.8 Å². The first-order valence-electron chi connectivity index (χ1n) is 7.09. The molecule has 0 spiro atoms. The Morgan fingerprint density at radius 2 is 2.08 bits per heavy atom. The van der Waals surface area contributed by atoms with Crippen molar-refractivity contribution in [3.8, 4) is 17.1 Å². The fourth-order valence-corrected chi connectivity index (χ4v) is 2.53. The third-order valence-corrected chi connectivity index (χ3v) is 3.60. The maximum atomic E-state index is 12.8. The zero-order valence-electron chi connectivity index (χ0n) is 12.9. The number of hydrogen-bond donors (Lipinski definition) is 1. The highest BCUT2D eigenvalue weighted by Gasteiger charge is 2.24. The van der Waals surface area contributed by atoms with E-state index in [1.807, 2.05) is 0 Å². The number of nitrogens with one attached hydrogen (secondary N) is 1. The number of carbonyl (C=O) groups is 2. The zero-order valence-corrected chi connectivity index (χ0v) is 13.7. The monoisotopic (exact) mass is 344 g/mol. The van der Waals surface area contributed by atoms with E-state index in [1.165, 1.54) is 19.2 Å². The molecule has 0 bridgehead atoms. The van der Waals surface area contributed by atoms with E-state index >= 15 is 0 Å². The van der Waals surface area contributed by atoms with Crippen molar-refractivity contribution in [3.63, 3.8) is 0 Å². The normalized spacial score (nSPS) is 10.6. The fraction of sp³-hybridized carbons (Fsp3) is 0.118. The number of benzene rings is 1. The van der Waals surface area contributed by atoms with E-state index in [4.69, 9.17) is 20.9 Å². The van der Waals surface area contributed by atoms with E-state index in [0.29, 0.717) is 33.2 Å². The first kappa shape index (κ1) is 16.0. The van der Waals surface area contributed by atoms with Crippen LogP contribution in [-0.4, -0.2) is 21.9 Å². The number of esters is 1. The molecular weight excluding hydrogens is 332 g/mol. The summed E-state index contributed by atoms with van der Waals surface area (Å²) < 4.78 is 10.1. The van der Waals surface area contributed by atoms with Gasteiger partial charge in [-0.05, 0) is 19.1 Å². The topological polar surface area (TPSA) is 85.2 Å². The number of aromatic nitrogens is 2. The second-order valence-electron chi connectivity index (χ2n) is 5.15. The number of aromatic amines is 1. The van der Waals surface area contributed by atoms with Crippen LogP contribution in [0.2, 0.25) is 5.02 Å². The van der Waals surface area contributed by atoms with E-state index in [-0.39, 0.29) is 11.7 Å².